The van der Waals surface area contributed by atoms with Crippen molar-refractivity contribution in [3.8, 4) is 11.3 Å². The Labute approximate surface area is 96.2 Å². The highest BCUT2D eigenvalue weighted by molar-refractivity contribution is 5.62. The van der Waals surface area contributed by atoms with Crippen molar-refractivity contribution in [2.45, 2.75) is 19.3 Å². The van der Waals surface area contributed by atoms with Crippen molar-refractivity contribution in [1.29, 1.82) is 0 Å². The van der Waals surface area contributed by atoms with Crippen LogP contribution in [0.2, 0.25) is 0 Å². The fourth-order valence-electron chi connectivity index (χ4n) is 2.44. The van der Waals surface area contributed by atoms with E-state index in [4.69, 9.17) is 4.42 Å². The maximum Gasteiger partial charge on any atom is 0.169 e. The number of hydrogen-bond acceptors (Lipinski definition) is 2. The largest absolute Gasteiger partial charge is 0.453 e. The van der Waals surface area contributed by atoms with Crippen molar-refractivity contribution < 1.29 is 4.42 Å². The Hall–Kier alpha value is -1.28. The lowest BCUT2D eigenvalue weighted by Crippen LogP contribution is -2.21. The molecule has 16 heavy (non-hydrogen) atoms. The van der Waals surface area contributed by atoms with Gasteiger partial charge in [-0.3, -0.25) is 0 Å². The number of hydrogen-bond donors (Lipinski definition) is 0. The molecule has 2 heterocycles. The zero-order valence-electron chi connectivity index (χ0n) is 9.41. The summed E-state index contributed by atoms with van der Waals surface area (Å²) < 4.78 is 5.33. The van der Waals surface area contributed by atoms with Crippen LogP contribution in [0.1, 0.15) is 18.4 Å². The molecule has 0 saturated carbocycles. The Bertz CT molecular complexity index is 398. The third-order valence-corrected chi connectivity index (χ3v) is 3.36. The Kier molecular flexibility index (Phi) is 2.66. The summed E-state index contributed by atoms with van der Waals surface area (Å²) in [6.45, 7) is 3.73. The highest BCUT2D eigenvalue weighted by Gasteiger charge is 2.13. The third-order valence-electron chi connectivity index (χ3n) is 3.36. The summed E-state index contributed by atoms with van der Waals surface area (Å²) in [5.74, 6) is 0.957. The minimum absolute atomic E-state index is 0.957. The average molecular weight is 214 g/mol. The Morgan fingerprint density at radius 1 is 1.25 bits per heavy atom. The maximum atomic E-state index is 5.33. The van der Waals surface area contributed by atoms with E-state index in [1.807, 2.05) is 6.07 Å². The molecule has 1 saturated heterocycles. The van der Waals surface area contributed by atoms with Crippen LogP contribution in [0.15, 0.2) is 28.7 Å². The number of rotatable bonds is 3. The van der Waals surface area contributed by atoms with Crippen molar-refractivity contribution in [3.63, 3.8) is 0 Å². The zero-order valence-corrected chi connectivity index (χ0v) is 9.41. The van der Waals surface area contributed by atoms with Crippen LogP contribution in [-0.4, -0.2) is 24.5 Å². The SMILES string of the molecule is [c]1ccc2cc(CCN3CCCC3)cc-2o1. The predicted molar refractivity (Wildman–Crippen MR) is 63.5 cm³/mol. The molecule has 83 valence electrons. The first-order chi connectivity index (χ1) is 7.92. The molecule has 2 heteroatoms. The zero-order chi connectivity index (χ0) is 10.8. The third kappa shape index (κ3) is 1.98. The van der Waals surface area contributed by atoms with E-state index in [1.165, 1.54) is 43.6 Å². The molecule has 0 aromatic heterocycles. The monoisotopic (exact) mass is 214 g/mol. The lowest BCUT2D eigenvalue weighted by molar-refractivity contribution is 0.343. The van der Waals surface area contributed by atoms with Crippen molar-refractivity contribution in [2.24, 2.45) is 0 Å². The Morgan fingerprint density at radius 3 is 2.94 bits per heavy atom. The van der Waals surface area contributed by atoms with Gasteiger partial charge >= 0.3 is 0 Å². The molecule has 1 fully saturated rings. The summed E-state index contributed by atoms with van der Waals surface area (Å²) in [7, 11) is 0. The lowest BCUT2D eigenvalue weighted by atomic mass is 10.2. The number of nitrogens with zero attached hydrogens (tertiary/aromatic N) is 1. The molecular formula is C14H16NO. The minimum Gasteiger partial charge on any atom is -0.453 e. The topological polar surface area (TPSA) is 16.4 Å². The normalized spacial score (nSPS) is 17.2. The molecule has 2 nitrogen and oxygen atoms in total. The molecular weight excluding hydrogens is 198 g/mol. The van der Waals surface area contributed by atoms with E-state index in [0.717, 1.165) is 12.2 Å². The summed E-state index contributed by atoms with van der Waals surface area (Å²) in [5.41, 5.74) is 2.57. The van der Waals surface area contributed by atoms with Gasteiger partial charge in [0.1, 0.15) is 5.76 Å². The highest BCUT2D eigenvalue weighted by Crippen LogP contribution is 2.25. The molecule has 3 aliphatic rings. The molecule has 0 bridgehead atoms. The van der Waals surface area contributed by atoms with Crippen molar-refractivity contribution >= 4 is 0 Å². The van der Waals surface area contributed by atoms with E-state index < -0.39 is 0 Å². The molecule has 0 atom stereocenters. The molecule has 0 aromatic carbocycles. The van der Waals surface area contributed by atoms with Gasteiger partial charge in [0.15, 0.2) is 6.26 Å². The molecule has 0 aromatic rings. The first-order valence-electron chi connectivity index (χ1n) is 6.03. The summed E-state index contributed by atoms with van der Waals surface area (Å²) in [6, 6.07) is 8.25. The Morgan fingerprint density at radius 2 is 2.12 bits per heavy atom. The van der Waals surface area contributed by atoms with Gasteiger partial charge in [0, 0.05) is 12.1 Å². The molecule has 1 radical (unpaired) electrons. The van der Waals surface area contributed by atoms with Gasteiger partial charge in [0.25, 0.3) is 0 Å². The first kappa shape index (κ1) is 9.91. The number of likely N-dealkylation sites (tertiary alicyclic amines) is 1. The lowest BCUT2D eigenvalue weighted by Gasteiger charge is -2.13. The van der Waals surface area contributed by atoms with Crippen LogP contribution in [0.25, 0.3) is 11.3 Å². The van der Waals surface area contributed by atoms with Gasteiger partial charge in [-0.2, -0.15) is 0 Å². The van der Waals surface area contributed by atoms with Gasteiger partial charge in [0.2, 0.25) is 0 Å². The quantitative estimate of drug-likeness (QED) is 0.781. The molecule has 0 amide bonds. The van der Waals surface area contributed by atoms with Gasteiger partial charge in [0.05, 0.1) is 0 Å². The second-order valence-electron chi connectivity index (χ2n) is 4.54. The minimum atomic E-state index is 0.957. The second-order valence-corrected chi connectivity index (χ2v) is 4.54. The summed E-state index contributed by atoms with van der Waals surface area (Å²) >= 11 is 0. The molecule has 1 aliphatic carbocycles. The van der Waals surface area contributed by atoms with Crippen LogP contribution in [0.5, 0.6) is 0 Å². The van der Waals surface area contributed by atoms with Gasteiger partial charge in [-0.15, -0.1) is 0 Å². The molecule has 2 aliphatic heterocycles. The van der Waals surface area contributed by atoms with Crippen LogP contribution in [0, 0.1) is 6.26 Å². The van der Waals surface area contributed by atoms with E-state index in [1.54, 1.807) is 0 Å². The van der Waals surface area contributed by atoms with E-state index in [9.17, 15) is 0 Å². The fraction of sp³-hybridized carbons (Fsp3) is 0.429. The van der Waals surface area contributed by atoms with Crippen molar-refractivity contribution in [2.75, 3.05) is 19.6 Å². The van der Waals surface area contributed by atoms with Gasteiger partial charge in [-0.05, 0) is 62.2 Å². The van der Waals surface area contributed by atoms with E-state index >= 15 is 0 Å². The van der Waals surface area contributed by atoms with Crippen LogP contribution in [0.4, 0.5) is 0 Å². The highest BCUT2D eigenvalue weighted by atomic mass is 16.3. The summed E-state index contributed by atoms with van der Waals surface area (Å²) in [4.78, 5) is 2.54. The predicted octanol–water partition coefficient (Wildman–Crippen LogP) is 2.82. The Balaban J connectivity index is 1.68. The van der Waals surface area contributed by atoms with E-state index in [-0.39, 0.29) is 0 Å². The maximum absolute atomic E-state index is 5.33. The summed E-state index contributed by atoms with van der Waals surface area (Å²) in [6.07, 6.45) is 6.63. The smallest absolute Gasteiger partial charge is 0.169 e. The van der Waals surface area contributed by atoms with Crippen LogP contribution < -0.4 is 0 Å². The van der Waals surface area contributed by atoms with E-state index in [2.05, 4.69) is 29.4 Å². The van der Waals surface area contributed by atoms with Gasteiger partial charge < -0.3 is 9.32 Å². The van der Waals surface area contributed by atoms with Crippen LogP contribution in [-0.2, 0) is 6.42 Å². The fourth-order valence-corrected chi connectivity index (χ4v) is 2.44. The second kappa shape index (κ2) is 4.30. The van der Waals surface area contributed by atoms with Crippen molar-refractivity contribution in [1.82, 2.24) is 4.90 Å². The van der Waals surface area contributed by atoms with Gasteiger partial charge in [-0.1, -0.05) is 0 Å². The van der Waals surface area contributed by atoms with Crippen LogP contribution in [0.3, 0.4) is 0 Å². The molecule has 0 unspecified atom stereocenters. The molecule has 3 rings (SSSR count). The van der Waals surface area contributed by atoms with Crippen LogP contribution >= 0.6 is 0 Å². The van der Waals surface area contributed by atoms with Gasteiger partial charge in [-0.25, -0.2) is 0 Å². The first-order valence-corrected chi connectivity index (χ1v) is 6.03. The molecule has 0 spiro atoms. The van der Waals surface area contributed by atoms with E-state index in [0.29, 0.717) is 0 Å². The van der Waals surface area contributed by atoms with Crippen molar-refractivity contribution in [3.05, 3.63) is 36.1 Å². The average Bonchev–Trinajstić information content (AvgIpc) is 2.95. The standard InChI is InChI=1S/C14H16NO/c1-2-7-15(6-1)8-5-12-10-13-4-3-9-16-14(13)11-12/h3-4,10-11H,1-2,5-8H2. The molecule has 0 N–H and O–H groups in total. The number of fused-ring (bicyclic) bond motifs is 1. The summed E-state index contributed by atoms with van der Waals surface area (Å²) in [5, 5.41) is 0.